The standard InChI is InChI=1S/C9H17F3O2/c1-7(2)3-5-14-6-4-8(13)9(10,11)12/h7-8,13H,3-6H2,1-2H3. The first-order valence-corrected chi connectivity index (χ1v) is 4.66. The fraction of sp³-hybridized carbons (Fsp3) is 1.00. The Bertz CT molecular complexity index is 145. The molecule has 0 spiro atoms. The van der Waals surface area contributed by atoms with Crippen LogP contribution in [0.4, 0.5) is 13.2 Å². The van der Waals surface area contributed by atoms with Crippen molar-refractivity contribution in [3.8, 4) is 0 Å². The van der Waals surface area contributed by atoms with Crippen LogP contribution < -0.4 is 0 Å². The topological polar surface area (TPSA) is 29.5 Å². The molecule has 0 rings (SSSR count). The van der Waals surface area contributed by atoms with E-state index in [0.717, 1.165) is 6.42 Å². The van der Waals surface area contributed by atoms with Gasteiger partial charge >= 0.3 is 6.18 Å². The fourth-order valence-corrected chi connectivity index (χ4v) is 0.780. The molecule has 0 aromatic rings. The Morgan fingerprint density at radius 1 is 1.14 bits per heavy atom. The monoisotopic (exact) mass is 214 g/mol. The van der Waals surface area contributed by atoms with Gasteiger partial charge in [0.15, 0.2) is 6.10 Å². The van der Waals surface area contributed by atoms with Gasteiger partial charge in [-0.25, -0.2) is 0 Å². The Balaban J connectivity index is 3.37. The summed E-state index contributed by atoms with van der Waals surface area (Å²) in [7, 11) is 0. The summed E-state index contributed by atoms with van der Waals surface area (Å²) < 4.78 is 40.3. The van der Waals surface area contributed by atoms with E-state index in [0.29, 0.717) is 12.5 Å². The zero-order chi connectivity index (χ0) is 11.2. The molecule has 0 aromatic carbocycles. The average molecular weight is 214 g/mol. The smallest absolute Gasteiger partial charge is 0.384 e. The maximum atomic E-state index is 11.8. The second kappa shape index (κ2) is 6.24. The van der Waals surface area contributed by atoms with Crippen LogP contribution in [-0.4, -0.2) is 30.6 Å². The SMILES string of the molecule is CC(C)CCOCCC(O)C(F)(F)F. The minimum Gasteiger partial charge on any atom is -0.384 e. The van der Waals surface area contributed by atoms with Gasteiger partial charge in [0.2, 0.25) is 0 Å². The van der Waals surface area contributed by atoms with E-state index in [9.17, 15) is 13.2 Å². The fourth-order valence-electron chi connectivity index (χ4n) is 0.780. The molecule has 0 aliphatic carbocycles. The first kappa shape index (κ1) is 13.7. The van der Waals surface area contributed by atoms with Crippen molar-refractivity contribution in [2.24, 2.45) is 5.92 Å². The van der Waals surface area contributed by atoms with Crippen LogP contribution in [0, 0.1) is 5.92 Å². The Morgan fingerprint density at radius 2 is 1.64 bits per heavy atom. The molecule has 0 aliphatic rings. The van der Waals surface area contributed by atoms with Gasteiger partial charge in [-0.1, -0.05) is 13.8 Å². The number of hydrogen-bond donors (Lipinski definition) is 1. The number of halogens is 3. The van der Waals surface area contributed by atoms with E-state index >= 15 is 0 Å². The van der Waals surface area contributed by atoms with Crippen molar-refractivity contribution in [1.29, 1.82) is 0 Å². The van der Waals surface area contributed by atoms with E-state index in [2.05, 4.69) is 0 Å². The minimum absolute atomic E-state index is 0.0482. The van der Waals surface area contributed by atoms with Crippen LogP contribution in [0.5, 0.6) is 0 Å². The van der Waals surface area contributed by atoms with Gasteiger partial charge in [0, 0.05) is 19.6 Å². The lowest BCUT2D eigenvalue weighted by Crippen LogP contribution is -2.29. The molecule has 0 radical (unpaired) electrons. The van der Waals surface area contributed by atoms with Crippen molar-refractivity contribution >= 4 is 0 Å². The molecule has 0 bridgehead atoms. The molecule has 2 nitrogen and oxygen atoms in total. The number of hydrogen-bond acceptors (Lipinski definition) is 2. The van der Waals surface area contributed by atoms with Crippen molar-refractivity contribution < 1.29 is 23.0 Å². The van der Waals surface area contributed by atoms with Crippen molar-refractivity contribution in [3.63, 3.8) is 0 Å². The van der Waals surface area contributed by atoms with Gasteiger partial charge in [0.05, 0.1) is 0 Å². The number of aliphatic hydroxyl groups excluding tert-OH is 1. The zero-order valence-electron chi connectivity index (χ0n) is 8.47. The molecule has 1 N–H and O–H groups in total. The molecule has 0 aliphatic heterocycles. The number of ether oxygens (including phenoxy) is 1. The molecule has 0 amide bonds. The first-order valence-electron chi connectivity index (χ1n) is 4.66. The van der Waals surface area contributed by atoms with E-state index in [1.165, 1.54) is 0 Å². The predicted molar refractivity (Wildman–Crippen MR) is 47.0 cm³/mol. The lowest BCUT2D eigenvalue weighted by atomic mass is 10.1. The molecule has 0 saturated heterocycles. The van der Waals surface area contributed by atoms with Crippen LogP contribution in [0.2, 0.25) is 0 Å². The highest BCUT2D eigenvalue weighted by Crippen LogP contribution is 2.22. The van der Waals surface area contributed by atoms with E-state index < -0.39 is 12.3 Å². The molecule has 0 fully saturated rings. The summed E-state index contributed by atoms with van der Waals surface area (Å²) in [5.74, 6) is 0.475. The van der Waals surface area contributed by atoms with Crippen molar-refractivity contribution in [2.75, 3.05) is 13.2 Å². The number of rotatable bonds is 6. The average Bonchev–Trinajstić information content (AvgIpc) is 2.01. The van der Waals surface area contributed by atoms with E-state index in [4.69, 9.17) is 9.84 Å². The largest absolute Gasteiger partial charge is 0.414 e. The van der Waals surface area contributed by atoms with E-state index in [1.807, 2.05) is 13.8 Å². The zero-order valence-corrected chi connectivity index (χ0v) is 8.47. The van der Waals surface area contributed by atoms with Crippen LogP contribution in [0.3, 0.4) is 0 Å². The minimum atomic E-state index is -4.53. The number of aliphatic hydroxyl groups is 1. The Morgan fingerprint density at radius 3 is 2.07 bits per heavy atom. The van der Waals surface area contributed by atoms with Gasteiger partial charge in [-0.3, -0.25) is 0 Å². The molecule has 86 valence electrons. The summed E-state index contributed by atoms with van der Waals surface area (Å²) in [4.78, 5) is 0. The number of alkyl halides is 3. The third-order valence-electron chi connectivity index (χ3n) is 1.75. The Labute approximate surface area is 82.1 Å². The van der Waals surface area contributed by atoms with Gasteiger partial charge in [0.25, 0.3) is 0 Å². The highest BCUT2D eigenvalue weighted by molar-refractivity contribution is 4.64. The van der Waals surface area contributed by atoms with Crippen molar-refractivity contribution in [1.82, 2.24) is 0 Å². The summed E-state index contributed by atoms with van der Waals surface area (Å²) in [6.45, 7) is 4.41. The van der Waals surface area contributed by atoms with Gasteiger partial charge in [0.1, 0.15) is 0 Å². The summed E-state index contributed by atoms with van der Waals surface area (Å²) in [6.07, 6.45) is -6.35. The Kier molecular flexibility index (Phi) is 6.11. The van der Waals surface area contributed by atoms with Gasteiger partial charge in [-0.2, -0.15) is 13.2 Å². The lowest BCUT2D eigenvalue weighted by Gasteiger charge is -2.14. The molecular weight excluding hydrogens is 197 g/mol. The van der Waals surface area contributed by atoms with Crippen LogP contribution in [-0.2, 0) is 4.74 Å². The predicted octanol–water partition coefficient (Wildman–Crippen LogP) is 2.36. The maximum absolute atomic E-state index is 11.8. The summed E-state index contributed by atoms with van der Waals surface area (Å²) in [6, 6.07) is 0. The quantitative estimate of drug-likeness (QED) is 0.688. The first-order chi connectivity index (χ1) is 6.34. The van der Waals surface area contributed by atoms with Crippen LogP contribution in [0.25, 0.3) is 0 Å². The van der Waals surface area contributed by atoms with Crippen molar-refractivity contribution in [2.45, 2.75) is 39.0 Å². The van der Waals surface area contributed by atoms with Crippen LogP contribution >= 0.6 is 0 Å². The van der Waals surface area contributed by atoms with E-state index in [-0.39, 0.29) is 13.0 Å². The Hall–Kier alpha value is -0.290. The molecule has 14 heavy (non-hydrogen) atoms. The van der Waals surface area contributed by atoms with E-state index in [1.54, 1.807) is 0 Å². The van der Waals surface area contributed by atoms with Gasteiger partial charge < -0.3 is 9.84 Å². The maximum Gasteiger partial charge on any atom is 0.414 e. The molecule has 1 atom stereocenters. The summed E-state index contributed by atoms with van der Waals surface area (Å²) in [5, 5.41) is 8.59. The third kappa shape index (κ3) is 7.15. The van der Waals surface area contributed by atoms with Gasteiger partial charge in [-0.05, 0) is 12.3 Å². The molecule has 1 unspecified atom stereocenters. The summed E-state index contributed by atoms with van der Waals surface area (Å²) >= 11 is 0. The van der Waals surface area contributed by atoms with Crippen molar-refractivity contribution in [3.05, 3.63) is 0 Å². The second-order valence-corrected chi connectivity index (χ2v) is 3.64. The molecule has 5 heteroatoms. The lowest BCUT2D eigenvalue weighted by molar-refractivity contribution is -0.208. The molecule has 0 saturated carbocycles. The second-order valence-electron chi connectivity index (χ2n) is 3.64. The highest BCUT2D eigenvalue weighted by atomic mass is 19.4. The molecule has 0 heterocycles. The third-order valence-corrected chi connectivity index (χ3v) is 1.75. The van der Waals surface area contributed by atoms with Gasteiger partial charge in [-0.15, -0.1) is 0 Å². The normalized spacial score (nSPS) is 14.8. The highest BCUT2D eigenvalue weighted by Gasteiger charge is 2.37. The summed E-state index contributed by atoms with van der Waals surface area (Å²) in [5.41, 5.74) is 0. The van der Waals surface area contributed by atoms with Crippen LogP contribution in [0.1, 0.15) is 26.7 Å². The molecular formula is C9H17F3O2. The molecule has 0 aromatic heterocycles. The van der Waals surface area contributed by atoms with Crippen LogP contribution in [0.15, 0.2) is 0 Å².